The number of pyridine rings is 2. The van der Waals surface area contributed by atoms with Crippen LogP contribution >= 0.6 is 0 Å². The first-order valence-corrected chi connectivity index (χ1v) is 10.6. The predicted molar refractivity (Wildman–Crippen MR) is 118 cm³/mol. The van der Waals surface area contributed by atoms with E-state index in [2.05, 4.69) is 20.4 Å². The molecule has 8 nitrogen and oxygen atoms in total. The number of nitrogens with one attached hydrogen (secondary N) is 1. The molecular weight excluding hydrogens is 451 g/mol. The van der Waals surface area contributed by atoms with Gasteiger partial charge >= 0.3 is 6.18 Å². The lowest BCUT2D eigenvalue weighted by molar-refractivity contribution is -0.153. The van der Waals surface area contributed by atoms with E-state index in [1.807, 2.05) is 0 Å². The van der Waals surface area contributed by atoms with Gasteiger partial charge in [0.2, 0.25) is 11.8 Å². The number of aromatic nitrogens is 4. The number of hydrogen-bond donors (Lipinski definition) is 2. The molecule has 0 saturated heterocycles. The molecule has 11 heteroatoms. The smallest absolute Gasteiger partial charge is 0.422 e. The number of aliphatic hydroxyl groups excluding tert-OH is 1. The van der Waals surface area contributed by atoms with Crippen LogP contribution in [0.2, 0.25) is 0 Å². The average Bonchev–Trinajstić information content (AvgIpc) is 3.22. The largest absolute Gasteiger partial charge is 0.468 e. The fourth-order valence-corrected chi connectivity index (χ4v) is 3.58. The summed E-state index contributed by atoms with van der Waals surface area (Å²) < 4.78 is 44.4. The fraction of sp³-hybridized carbons (Fsp3) is 0.304. The number of benzene rings is 1. The number of carbonyl (C=O) groups is 1. The molecule has 4 aromatic rings. The van der Waals surface area contributed by atoms with Gasteiger partial charge in [0.1, 0.15) is 0 Å². The second kappa shape index (κ2) is 10.0. The number of rotatable bonds is 9. The zero-order valence-corrected chi connectivity index (χ0v) is 18.0. The van der Waals surface area contributed by atoms with Crippen LogP contribution in [0.15, 0.2) is 48.9 Å². The molecule has 0 aliphatic rings. The Bertz CT molecular complexity index is 1310. The molecule has 0 saturated carbocycles. The minimum atomic E-state index is -4.46. The van der Waals surface area contributed by atoms with E-state index in [1.54, 1.807) is 47.4 Å². The molecule has 1 aromatic carbocycles. The van der Waals surface area contributed by atoms with Crippen molar-refractivity contribution < 1.29 is 27.8 Å². The van der Waals surface area contributed by atoms with Crippen LogP contribution in [-0.4, -0.2) is 56.7 Å². The molecule has 0 fully saturated rings. The van der Waals surface area contributed by atoms with Crippen LogP contribution in [0.5, 0.6) is 5.88 Å². The number of carbonyl (C=O) groups excluding carboxylic acids is 1. The Balaban J connectivity index is 1.58. The second-order valence-electron chi connectivity index (χ2n) is 7.66. The quantitative estimate of drug-likeness (QED) is 0.363. The Labute approximate surface area is 192 Å². The number of aliphatic hydroxyl groups is 1. The molecular formula is C23H22F3N5O3. The number of ether oxygens (including phenoxy) is 1. The van der Waals surface area contributed by atoms with Gasteiger partial charge in [0.05, 0.1) is 24.2 Å². The summed E-state index contributed by atoms with van der Waals surface area (Å²) in [6.07, 6.45) is 0.932. The van der Waals surface area contributed by atoms with Crippen molar-refractivity contribution in [3.63, 3.8) is 0 Å². The van der Waals surface area contributed by atoms with Gasteiger partial charge in [0.25, 0.3) is 0 Å². The Morgan fingerprint density at radius 2 is 1.91 bits per heavy atom. The number of alkyl halides is 3. The van der Waals surface area contributed by atoms with Crippen LogP contribution in [-0.2, 0) is 17.8 Å². The van der Waals surface area contributed by atoms with E-state index >= 15 is 0 Å². The van der Waals surface area contributed by atoms with Crippen LogP contribution in [0.25, 0.3) is 21.7 Å². The molecule has 0 radical (unpaired) electrons. The van der Waals surface area contributed by atoms with Gasteiger partial charge in [0, 0.05) is 42.5 Å². The van der Waals surface area contributed by atoms with Crippen molar-refractivity contribution in [3.8, 4) is 5.88 Å². The molecule has 0 bridgehead atoms. The Kier molecular flexibility index (Phi) is 6.92. The lowest BCUT2D eigenvalue weighted by Crippen LogP contribution is -2.26. The summed E-state index contributed by atoms with van der Waals surface area (Å²) in [5.74, 6) is -0.285. The lowest BCUT2D eigenvalue weighted by Gasteiger charge is -2.13. The van der Waals surface area contributed by atoms with Gasteiger partial charge in [-0.2, -0.15) is 18.3 Å². The molecule has 4 rings (SSSR count). The molecule has 178 valence electrons. The van der Waals surface area contributed by atoms with Crippen LogP contribution < -0.4 is 10.1 Å². The first-order valence-electron chi connectivity index (χ1n) is 10.6. The standard InChI is InChI=1S/C23H22F3N5O3/c24-23(25,26)14-34-22-17-5-2-1-4-16(17)15(11-29-22)12-31-13-18-19(30-31)6-8-27-20(18)10-21(33)28-7-3-9-32/h1-2,4-6,8,11,13,32H,3,7,9-10,12,14H2,(H,28,33). The van der Waals surface area contributed by atoms with Crippen molar-refractivity contribution in [2.24, 2.45) is 0 Å². The normalized spacial score (nSPS) is 11.8. The van der Waals surface area contributed by atoms with E-state index in [9.17, 15) is 18.0 Å². The maximum atomic E-state index is 12.6. The number of hydrogen-bond acceptors (Lipinski definition) is 6. The predicted octanol–water partition coefficient (Wildman–Crippen LogP) is 3.01. The van der Waals surface area contributed by atoms with Gasteiger partial charge in [-0.25, -0.2) is 4.98 Å². The highest BCUT2D eigenvalue weighted by Gasteiger charge is 2.29. The maximum Gasteiger partial charge on any atom is 0.422 e. The van der Waals surface area contributed by atoms with E-state index in [0.29, 0.717) is 41.5 Å². The fourth-order valence-electron chi connectivity index (χ4n) is 3.58. The molecule has 0 aliphatic heterocycles. The minimum Gasteiger partial charge on any atom is -0.468 e. The third-order valence-corrected chi connectivity index (χ3v) is 5.09. The van der Waals surface area contributed by atoms with Crippen molar-refractivity contribution in [2.45, 2.75) is 25.6 Å². The van der Waals surface area contributed by atoms with Crippen LogP contribution in [0.1, 0.15) is 17.7 Å². The van der Waals surface area contributed by atoms with Crippen LogP contribution in [0, 0.1) is 0 Å². The molecule has 0 aliphatic carbocycles. The third-order valence-electron chi connectivity index (χ3n) is 5.09. The van der Waals surface area contributed by atoms with Gasteiger partial charge in [0.15, 0.2) is 6.61 Å². The highest BCUT2D eigenvalue weighted by atomic mass is 19.4. The average molecular weight is 473 g/mol. The van der Waals surface area contributed by atoms with Crippen molar-refractivity contribution >= 4 is 27.6 Å². The Morgan fingerprint density at radius 3 is 2.68 bits per heavy atom. The SMILES string of the molecule is O=C(Cc1nccc2nn(Cc3cnc(OCC(F)(F)F)c4ccccc34)cc12)NCCCO. The monoisotopic (exact) mass is 473 g/mol. The van der Waals surface area contributed by atoms with E-state index < -0.39 is 12.8 Å². The minimum absolute atomic E-state index is 0.000143. The van der Waals surface area contributed by atoms with E-state index in [0.717, 1.165) is 10.9 Å². The maximum absolute atomic E-state index is 12.6. The topological polar surface area (TPSA) is 102 Å². The zero-order chi connectivity index (χ0) is 24.1. The van der Waals surface area contributed by atoms with Crippen molar-refractivity contribution in [2.75, 3.05) is 19.8 Å². The third kappa shape index (κ3) is 5.60. The number of halogens is 3. The molecule has 0 unspecified atom stereocenters. The summed E-state index contributed by atoms with van der Waals surface area (Å²) in [5, 5.41) is 18.0. The van der Waals surface area contributed by atoms with Gasteiger partial charge < -0.3 is 15.2 Å². The van der Waals surface area contributed by atoms with Gasteiger partial charge in [-0.15, -0.1) is 0 Å². The van der Waals surface area contributed by atoms with Crippen LogP contribution in [0.3, 0.4) is 0 Å². The summed E-state index contributed by atoms with van der Waals surface area (Å²) >= 11 is 0. The summed E-state index contributed by atoms with van der Waals surface area (Å²) in [7, 11) is 0. The first-order chi connectivity index (χ1) is 16.3. The van der Waals surface area contributed by atoms with E-state index in [1.165, 1.54) is 6.20 Å². The van der Waals surface area contributed by atoms with Crippen molar-refractivity contribution in [1.82, 2.24) is 25.1 Å². The number of amides is 1. The van der Waals surface area contributed by atoms with E-state index in [4.69, 9.17) is 9.84 Å². The summed E-state index contributed by atoms with van der Waals surface area (Å²) in [5.41, 5.74) is 1.98. The van der Waals surface area contributed by atoms with Gasteiger partial charge in [-0.05, 0) is 29.5 Å². The Hall–Kier alpha value is -3.73. The Morgan fingerprint density at radius 1 is 1.12 bits per heavy atom. The van der Waals surface area contributed by atoms with Crippen molar-refractivity contribution in [3.05, 3.63) is 60.2 Å². The number of nitrogens with zero attached hydrogens (tertiary/aromatic N) is 4. The summed E-state index contributed by atoms with van der Waals surface area (Å²) in [6.45, 7) is -0.728. The number of fused-ring (bicyclic) bond motifs is 2. The van der Waals surface area contributed by atoms with Gasteiger partial charge in [-0.1, -0.05) is 18.2 Å². The molecule has 0 atom stereocenters. The summed E-state index contributed by atoms with van der Waals surface area (Å²) in [6, 6.07) is 8.69. The van der Waals surface area contributed by atoms with Crippen LogP contribution in [0.4, 0.5) is 13.2 Å². The van der Waals surface area contributed by atoms with Gasteiger partial charge in [-0.3, -0.25) is 14.5 Å². The lowest BCUT2D eigenvalue weighted by atomic mass is 10.1. The highest BCUT2D eigenvalue weighted by molar-refractivity contribution is 5.90. The van der Waals surface area contributed by atoms with E-state index in [-0.39, 0.29) is 24.8 Å². The molecule has 2 N–H and O–H groups in total. The molecule has 34 heavy (non-hydrogen) atoms. The molecule has 3 heterocycles. The molecule has 0 spiro atoms. The molecule has 1 amide bonds. The summed E-state index contributed by atoms with van der Waals surface area (Å²) in [4.78, 5) is 20.6. The highest BCUT2D eigenvalue weighted by Crippen LogP contribution is 2.28. The van der Waals surface area contributed by atoms with Crippen molar-refractivity contribution in [1.29, 1.82) is 0 Å². The first kappa shape index (κ1) is 23.4. The molecule has 3 aromatic heterocycles. The second-order valence-corrected chi connectivity index (χ2v) is 7.66. The zero-order valence-electron chi connectivity index (χ0n) is 18.0.